The molecule has 18 heavy (non-hydrogen) atoms. The van der Waals surface area contributed by atoms with Crippen molar-refractivity contribution in [3.05, 3.63) is 39.9 Å². The van der Waals surface area contributed by atoms with Gasteiger partial charge in [-0.25, -0.2) is 0 Å². The molecule has 0 spiro atoms. The van der Waals surface area contributed by atoms with Crippen molar-refractivity contribution < 1.29 is 9.72 Å². The van der Waals surface area contributed by atoms with Crippen molar-refractivity contribution in [2.45, 2.75) is 19.9 Å². The van der Waals surface area contributed by atoms with Gasteiger partial charge in [-0.2, -0.15) is 0 Å². The molecule has 6 heteroatoms. The van der Waals surface area contributed by atoms with Crippen LogP contribution in [0, 0.1) is 10.1 Å². The van der Waals surface area contributed by atoms with Crippen LogP contribution < -0.4 is 10.6 Å². The summed E-state index contributed by atoms with van der Waals surface area (Å²) in [6.07, 6.45) is 0.406. The molecule has 98 valence electrons. The van der Waals surface area contributed by atoms with E-state index in [-0.39, 0.29) is 11.6 Å². The Bertz CT molecular complexity index is 421. The fraction of sp³-hybridized carbons (Fsp3) is 0.417. The fourth-order valence-electron chi connectivity index (χ4n) is 1.50. The first-order valence-corrected chi connectivity index (χ1v) is 5.84. The van der Waals surface area contributed by atoms with Crippen molar-refractivity contribution in [3.63, 3.8) is 0 Å². The highest BCUT2D eigenvalue weighted by molar-refractivity contribution is 5.75. The number of non-ortho nitro benzene ring substituents is 1. The Balaban J connectivity index is 2.33. The lowest BCUT2D eigenvalue weighted by Crippen LogP contribution is -2.27. The van der Waals surface area contributed by atoms with E-state index < -0.39 is 4.92 Å². The first-order chi connectivity index (χ1) is 8.63. The van der Waals surface area contributed by atoms with Gasteiger partial charge in [0.05, 0.1) is 4.92 Å². The molecule has 1 aromatic rings. The molecular formula is C12H17N3O3. The number of hydrogen-bond donors (Lipinski definition) is 2. The number of nitro groups is 1. The highest BCUT2D eigenvalue weighted by atomic mass is 16.6. The summed E-state index contributed by atoms with van der Waals surface area (Å²) in [4.78, 5) is 21.3. The molecule has 0 aliphatic rings. The van der Waals surface area contributed by atoms with Crippen LogP contribution in [0.3, 0.4) is 0 Å². The van der Waals surface area contributed by atoms with Gasteiger partial charge in [-0.1, -0.05) is 12.1 Å². The lowest BCUT2D eigenvalue weighted by molar-refractivity contribution is -0.384. The SMILES string of the molecule is CCNC(=O)CCNCc1cccc([N+](=O)[O-])c1. The molecule has 0 bridgehead atoms. The topological polar surface area (TPSA) is 84.3 Å². The standard InChI is InChI=1S/C12H17N3O3/c1-2-14-12(16)6-7-13-9-10-4-3-5-11(8-10)15(17)18/h3-5,8,13H,2,6-7,9H2,1H3,(H,14,16). The molecule has 0 atom stereocenters. The second kappa shape index (κ2) is 7.39. The summed E-state index contributed by atoms with van der Waals surface area (Å²) in [6.45, 7) is 3.56. The van der Waals surface area contributed by atoms with E-state index in [9.17, 15) is 14.9 Å². The van der Waals surface area contributed by atoms with Crippen molar-refractivity contribution in [3.8, 4) is 0 Å². The van der Waals surface area contributed by atoms with Crippen LogP contribution in [0.5, 0.6) is 0 Å². The number of nitrogens with zero attached hydrogens (tertiary/aromatic N) is 1. The third-order valence-electron chi connectivity index (χ3n) is 2.35. The third kappa shape index (κ3) is 4.92. The van der Waals surface area contributed by atoms with Gasteiger partial charge in [-0.15, -0.1) is 0 Å². The summed E-state index contributed by atoms with van der Waals surface area (Å²) in [7, 11) is 0. The molecule has 0 aromatic heterocycles. The molecule has 0 fully saturated rings. The molecule has 0 heterocycles. The zero-order valence-electron chi connectivity index (χ0n) is 10.3. The van der Waals surface area contributed by atoms with E-state index in [4.69, 9.17) is 0 Å². The summed E-state index contributed by atoms with van der Waals surface area (Å²) in [5, 5.41) is 16.4. The maximum absolute atomic E-state index is 11.2. The minimum absolute atomic E-state index is 0.00374. The first-order valence-electron chi connectivity index (χ1n) is 5.84. The quantitative estimate of drug-likeness (QED) is 0.433. The predicted octanol–water partition coefficient (Wildman–Crippen LogP) is 1.21. The van der Waals surface area contributed by atoms with E-state index in [1.54, 1.807) is 6.07 Å². The maximum Gasteiger partial charge on any atom is 0.269 e. The van der Waals surface area contributed by atoms with E-state index >= 15 is 0 Å². The van der Waals surface area contributed by atoms with Gasteiger partial charge in [0, 0.05) is 38.2 Å². The molecule has 1 rings (SSSR count). The van der Waals surface area contributed by atoms with Gasteiger partial charge in [-0.3, -0.25) is 14.9 Å². The molecule has 0 saturated heterocycles. The average Bonchev–Trinajstić information content (AvgIpc) is 2.35. The monoisotopic (exact) mass is 251 g/mol. The van der Waals surface area contributed by atoms with Gasteiger partial charge in [0.25, 0.3) is 5.69 Å². The zero-order valence-corrected chi connectivity index (χ0v) is 10.3. The molecule has 0 aliphatic carbocycles. The van der Waals surface area contributed by atoms with E-state index in [2.05, 4.69) is 10.6 Å². The fourth-order valence-corrected chi connectivity index (χ4v) is 1.50. The number of nitrogens with one attached hydrogen (secondary N) is 2. The summed E-state index contributed by atoms with van der Waals surface area (Å²) >= 11 is 0. The molecule has 0 radical (unpaired) electrons. The van der Waals surface area contributed by atoms with Crippen LogP contribution in [-0.2, 0) is 11.3 Å². The molecule has 6 nitrogen and oxygen atoms in total. The van der Waals surface area contributed by atoms with Gasteiger partial charge < -0.3 is 10.6 Å². The van der Waals surface area contributed by atoms with Crippen molar-refractivity contribution in [1.82, 2.24) is 10.6 Å². The van der Waals surface area contributed by atoms with Gasteiger partial charge in [0.2, 0.25) is 5.91 Å². The molecule has 2 N–H and O–H groups in total. The van der Waals surface area contributed by atoms with Crippen molar-refractivity contribution >= 4 is 11.6 Å². The number of hydrogen-bond acceptors (Lipinski definition) is 4. The number of carbonyl (C=O) groups excluding carboxylic acids is 1. The highest BCUT2D eigenvalue weighted by Crippen LogP contribution is 2.12. The lowest BCUT2D eigenvalue weighted by Gasteiger charge is -2.05. The largest absolute Gasteiger partial charge is 0.356 e. The van der Waals surface area contributed by atoms with Crippen LogP contribution in [0.2, 0.25) is 0 Å². The van der Waals surface area contributed by atoms with Crippen LogP contribution in [0.4, 0.5) is 5.69 Å². The van der Waals surface area contributed by atoms with Gasteiger partial charge in [0.15, 0.2) is 0 Å². The predicted molar refractivity (Wildman–Crippen MR) is 68.1 cm³/mol. The molecule has 1 aromatic carbocycles. The van der Waals surface area contributed by atoms with Crippen LogP contribution in [-0.4, -0.2) is 23.9 Å². The first kappa shape index (κ1) is 14.1. The summed E-state index contributed by atoms with van der Waals surface area (Å²) in [5.41, 5.74) is 0.915. The van der Waals surface area contributed by atoms with E-state index in [0.717, 1.165) is 5.56 Å². The number of rotatable bonds is 7. The van der Waals surface area contributed by atoms with Crippen LogP contribution >= 0.6 is 0 Å². The smallest absolute Gasteiger partial charge is 0.269 e. The number of carbonyl (C=O) groups is 1. The number of benzene rings is 1. The van der Waals surface area contributed by atoms with Crippen molar-refractivity contribution in [2.75, 3.05) is 13.1 Å². The van der Waals surface area contributed by atoms with E-state index in [1.165, 1.54) is 12.1 Å². The van der Waals surface area contributed by atoms with Crippen LogP contribution in [0.25, 0.3) is 0 Å². The van der Waals surface area contributed by atoms with Crippen LogP contribution in [0.15, 0.2) is 24.3 Å². The maximum atomic E-state index is 11.2. The Hall–Kier alpha value is -1.95. The minimum Gasteiger partial charge on any atom is -0.356 e. The summed E-state index contributed by atoms with van der Waals surface area (Å²) in [5.74, 6) is 0.00374. The second-order valence-electron chi connectivity index (χ2n) is 3.81. The Morgan fingerprint density at radius 3 is 2.89 bits per heavy atom. The third-order valence-corrected chi connectivity index (χ3v) is 2.35. The molecule has 0 aliphatic heterocycles. The molecule has 1 amide bonds. The Labute approximate surface area is 106 Å². The van der Waals surface area contributed by atoms with Gasteiger partial charge in [-0.05, 0) is 12.5 Å². The second-order valence-corrected chi connectivity index (χ2v) is 3.81. The number of nitro benzene ring substituents is 1. The Kier molecular flexibility index (Phi) is 5.79. The average molecular weight is 251 g/mol. The Morgan fingerprint density at radius 2 is 2.22 bits per heavy atom. The van der Waals surface area contributed by atoms with Crippen molar-refractivity contribution in [2.24, 2.45) is 0 Å². The Morgan fingerprint density at radius 1 is 1.44 bits per heavy atom. The highest BCUT2D eigenvalue weighted by Gasteiger charge is 2.05. The van der Waals surface area contributed by atoms with E-state index in [0.29, 0.717) is 26.1 Å². The van der Waals surface area contributed by atoms with Crippen LogP contribution in [0.1, 0.15) is 18.9 Å². The van der Waals surface area contributed by atoms with Crippen molar-refractivity contribution in [1.29, 1.82) is 0 Å². The molecule has 0 saturated carbocycles. The number of amides is 1. The zero-order chi connectivity index (χ0) is 13.4. The normalized spacial score (nSPS) is 10.1. The summed E-state index contributed by atoms with van der Waals surface area (Å²) in [6, 6.07) is 6.45. The molecular weight excluding hydrogens is 234 g/mol. The van der Waals surface area contributed by atoms with Gasteiger partial charge in [0.1, 0.15) is 0 Å². The summed E-state index contributed by atoms with van der Waals surface area (Å²) < 4.78 is 0. The molecule has 0 unspecified atom stereocenters. The lowest BCUT2D eigenvalue weighted by atomic mass is 10.2. The van der Waals surface area contributed by atoms with E-state index in [1.807, 2.05) is 13.0 Å². The minimum atomic E-state index is -0.418. The van der Waals surface area contributed by atoms with Gasteiger partial charge >= 0.3 is 0 Å².